The molecule has 0 N–H and O–H groups in total. The Labute approximate surface area is 224 Å². The minimum Gasteiger partial charge on any atom is -0.465 e. The lowest BCUT2D eigenvalue weighted by Gasteiger charge is -2.27. The summed E-state index contributed by atoms with van der Waals surface area (Å²) in [7, 11) is 1.36. The van der Waals surface area contributed by atoms with Gasteiger partial charge in [0.2, 0.25) is 0 Å². The fourth-order valence-electron chi connectivity index (χ4n) is 4.60. The Hall–Kier alpha value is -4.24. The number of rotatable bonds is 10. The Morgan fingerprint density at radius 1 is 1.00 bits per heavy atom. The summed E-state index contributed by atoms with van der Waals surface area (Å²) in [4.78, 5) is 39.3. The summed E-state index contributed by atoms with van der Waals surface area (Å²) < 4.78 is 6.74. The zero-order chi connectivity index (χ0) is 26.6. The molecule has 1 aliphatic rings. The maximum atomic E-state index is 13.2. The maximum absolute atomic E-state index is 13.2. The smallest absolute Gasteiger partial charge is 0.337 e. The van der Waals surface area contributed by atoms with Gasteiger partial charge in [-0.2, -0.15) is 0 Å². The first kappa shape index (κ1) is 25.4. The van der Waals surface area contributed by atoms with Gasteiger partial charge in [0, 0.05) is 41.8 Å². The van der Waals surface area contributed by atoms with Gasteiger partial charge < -0.3 is 9.30 Å². The maximum Gasteiger partial charge on any atom is 0.337 e. The van der Waals surface area contributed by atoms with E-state index in [-0.39, 0.29) is 17.8 Å². The van der Waals surface area contributed by atoms with E-state index in [1.165, 1.54) is 23.8 Å². The number of carbonyl (C=O) groups is 3. The number of ether oxygens (including phenoxy) is 1. The molecule has 0 bridgehead atoms. The predicted molar refractivity (Wildman–Crippen MR) is 145 cm³/mol. The number of carbonyl (C=O) groups excluding carboxylic acids is 3. The molecule has 0 spiro atoms. The number of hydrogen-bond acceptors (Lipinski definition) is 7. The molecule has 0 unspecified atom stereocenters. The van der Waals surface area contributed by atoms with Crippen LogP contribution < -0.4 is 0 Å². The Bertz CT molecular complexity index is 1490. The molecule has 192 valence electrons. The highest BCUT2D eigenvalue weighted by atomic mass is 32.2. The zero-order valence-electron chi connectivity index (χ0n) is 20.9. The van der Waals surface area contributed by atoms with Crippen LogP contribution in [0.3, 0.4) is 0 Å². The van der Waals surface area contributed by atoms with Gasteiger partial charge in [-0.25, -0.2) is 4.79 Å². The third kappa shape index (κ3) is 4.84. The van der Waals surface area contributed by atoms with Crippen LogP contribution in [-0.2, 0) is 23.5 Å². The molecule has 8 nitrogen and oxygen atoms in total. The number of aryl methyl sites for hydroxylation is 1. The number of aromatic nitrogens is 3. The first-order chi connectivity index (χ1) is 18.5. The molecule has 5 rings (SSSR count). The molecule has 0 fully saturated rings. The molecule has 38 heavy (non-hydrogen) atoms. The number of hydrogen-bond donors (Lipinski definition) is 0. The van der Waals surface area contributed by atoms with Crippen molar-refractivity contribution >= 4 is 40.3 Å². The minimum atomic E-state index is -0.367. The number of allylic oxidation sites excluding steroid dienone is 1. The second-order valence-corrected chi connectivity index (χ2v) is 9.79. The summed E-state index contributed by atoms with van der Waals surface area (Å²) in [5.41, 5.74) is 2.66. The van der Waals surface area contributed by atoms with Crippen molar-refractivity contribution in [2.24, 2.45) is 0 Å². The van der Waals surface area contributed by atoms with Crippen LogP contribution in [0.15, 0.2) is 78.5 Å². The minimum absolute atomic E-state index is 0.263. The molecule has 2 amide bonds. The van der Waals surface area contributed by atoms with E-state index in [1.54, 1.807) is 30.3 Å². The van der Waals surface area contributed by atoms with Gasteiger partial charge >= 0.3 is 5.97 Å². The van der Waals surface area contributed by atoms with E-state index in [4.69, 9.17) is 4.74 Å². The standard InChI is InChI=1S/C29H26N4O4S/c1-3-16-32-24(30-31-29(32)38-18-19-12-14-21(15-13-19)28(36)37-2)11-6-17-33-26(34)22-9-4-7-20-8-5-10-23(25(20)22)27(33)35/h3-5,7-10,12-15H,1,6,11,16-18H2,2H3. The van der Waals surface area contributed by atoms with Crippen molar-refractivity contribution in [3.8, 4) is 0 Å². The summed E-state index contributed by atoms with van der Waals surface area (Å²) in [6, 6.07) is 18.3. The molecule has 0 radical (unpaired) electrons. The van der Waals surface area contributed by atoms with Crippen LogP contribution in [0.25, 0.3) is 10.8 Å². The lowest BCUT2D eigenvalue weighted by molar-refractivity contribution is 0.0592. The van der Waals surface area contributed by atoms with Gasteiger partial charge in [0.05, 0.1) is 12.7 Å². The van der Waals surface area contributed by atoms with E-state index < -0.39 is 0 Å². The van der Waals surface area contributed by atoms with Gasteiger partial charge in [0.15, 0.2) is 5.16 Å². The molecule has 1 aliphatic heterocycles. The molecule has 3 aromatic carbocycles. The molecule has 1 aromatic heterocycles. The van der Waals surface area contributed by atoms with Gasteiger partial charge in [-0.05, 0) is 41.6 Å². The summed E-state index contributed by atoms with van der Waals surface area (Å²) in [5, 5.41) is 11.1. The number of esters is 1. The third-order valence-electron chi connectivity index (χ3n) is 6.49. The Kier molecular flexibility index (Phi) is 7.37. The molecule has 0 aliphatic carbocycles. The average molecular weight is 527 g/mol. The SMILES string of the molecule is C=CCn1c(CCCN2C(=O)c3cccc4cccc(c34)C2=O)nnc1SCc1ccc(C(=O)OC)cc1. The van der Waals surface area contributed by atoms with Crippen LogP contribution in [0.4, 0.5) is 0 Å². The van der Waals surface area contributed by atoms with E-state index in [1.807, 2.05) is 41.0 Å². The Balaban J connectivity index is 1.25. The average Bonchev–Trinajstić information content (AvgIpc) is 3.33. The zero-order valence-corrected chi connectivity index (χ0v) is 21.7. The number of nitrogens with zero attached hydrogens (tertiary/aromatic N) is 4. The number of imide groups is 1. The summed E-state index contributed by atoms with van der Waals surface area (Å²) in [5.74, 6) is 0.530. The van der Waals surface area contributed by atoms with Crippen LogP contribution in [0.5, 0.6) is 0 Å². The van der Waals surface area contributed by atoms with E-state index in [9.17, 15) is 14.4 Å². The lowest BCUT2D eigenvalue weighted by Crippen LogP contribution is -2.41. The Morgan fingerprint density at radius 3 is 2.32 bits per heavy atom. The summed E-state index contributed by atoms with van der Waals surface area (Å²) in [6.07, 6.45) is 2.90. The monoisotopic (exact) mass is 526 g/mol. The summed E-state index contributed by atoms with van der Waals surface area (Å²) >= 11 is 1.54. The van der Waals surface area contributed by atoms with Gasteiger partial charge in [-0.15, -0.1) is 16.8 Å². The number of methoxy groups -OCH3 is 1. The molecule has 2 heterocycles. The highest BCUT2D eigenvalue weighted by molar-refractivity contribution is 7.98. The van der Waals surface area contributed by atoms with E-state index in [2.05, 4.69) is 16.8 Å². The number of amides is 2. The highest BCUT2D eigenvalue weighted by Crippen LogP contribution is 2.30. The second kappa shape index (κ2) is 11.0. The van der Waals surface area contributed by atoms with Gasteiger partial charge in [-0.1, -0.05) is 54.2 Å². The molecule has 0 atom stereocenters. The molecule has 9 heteroatoms. The number of benzene rings is 3. The van der Waals surface area contributed by atoms with Gasteiger partial charge in [0.25, 0.3) is 11.8 Å². The van der Waals surface area contributed by atoms with Crippen molar-refractivity contribution < 1.29 is 19.1 Å². The van der Waals surface area contributed by atoms with Crippen LogP contribution in [0.1, 0.15) is 48.9 Å². The first-order valence-corrected chi connectivity index (χ1v) is 13.2. The van der Waals surface area contributed by atoms with Crippen LogP contribution in [-0.4, -0.2) is 51.1 Å². The van der Waals surface area contributed by atoms with Crippen LogP contribution in [0, 0.1) is 0 Å². The van der Waals surface area contributed by atoms with Crippen LogP contribution in [0.2, 0.25) is 0 Å². The van der Waals surface area contributed by atoms with Crippen molar-refractivity contribution in [2.75, 3.05) is 13.7 Å². The van der Waals surface area contributed by atoms with E-state index >= 15 is 0 Å². The molecule has 4 aromatic rings. The van der Waals surface area contributed by atoms with Crippen LogP contribution >= 0.6 is 11.8 Å². The largest absolute Gasteiger partial charge is 0.465 e. The first-order valence-electron chi connectivity index (χ1n) is 12.2. The van der Waals surface area contributed by atoms with Crippen molar-refractivity contribution in [1.82, 2.24) is 19.7 Å². The summed E-state index contributed by atoms with van der Waals surface area (Å²) in [6.45, 7) is 4.69. The lowest BCUT2D eigenvalue weighted by atomic mass is 9.94. The fourth-order valence-corrected chi connectivity index (χ4v) is 5.53. The molecule has 0 saturated carbocycles. The molecular weight excluding hydrogens is 500 g/mol. The van der Waals surface area contributed by atoms with Crippen molar-refractivity contribution in [3.63, 3.8) is 0 Å². The predicted octanol–water partition coefficient (Wildman–Crippen LogP) is 4.93. The van der Waals surface area contributed by atoms with Gasteiger partial charge in [-0.3, -0.25) is 14.5 Å². The quantitative estimate of drug-likeness (QED) is 0.125. The van der Waals surface area contributed by atoms with Gasteiger partial charge in [0.1, 0.15) is 5.82 Å². The fraction of sp³-hybridized carbons (Fsp3) is 0.207. The van der Waals surface area contributed by atoms with Crippen molar-refractivity contribution in [3.05, 3.63) is 101 Å². The topological polar surface area (TPSA) is 94.4 Å². The van der Waals surface area contributed by atoms with E-state index in [0.29, 0.717) is 48.4 Å². The Morgan fingerprint density at radius 2 is 1.68 bits per heavy atom. The van der Waals surface area contributed by atoms with E-state index in [0.717, 1.165) is 27.3 Å². The van der Waals surface area contributed by atoms with Crippen molar-refractivity contribution in [1.29, 1.82) is 0 Å². The number of thioether (sulfide) groups is 1. The third-order valence-corrected chi connectivity index (χ3v) is 7.52. The molecular formula is C29H26N4O4S. The van der Waals surface area contributed by atoms with Crippen molar-refractivity contribution in [2.45, 2.75) is 30.3 Å². The molecule has 0 saturated heterocycles. The second-order valence-electron chi connectivity index (χ2n) is 8.85. The normalized spacial score (nSPS) is 12.7. The highest BCUT2D eigenvalue weighted by Gasteiger charge is 2.32.